The van der Waals surface area contributed by atoms with Crippen LogP contribution in [0.15, 0.2) is 48.6 Å². The van der Waals surface area contributed by atoms with Crippen molar-refractivity contribution in [3.05, 3.63) is 59.7 Å². The first-order chi connectivity index (χ1) is 10.5. The molecular weight excluding hydrogens is 284 g/mol. The molecule has 0 aliphatic rings. The van der Waals surface area contributed by atoms with Crippen LogP contribution >= 0.6 is 0 Å². The highest BCUT2D eigenvalue weighted by atomic mass is 16.3. The molecule has 0 saturated heterocycles. The molecule has 0 saturated carbocycles. The molecule has 5 heteroatoms. The number of phenols is 4. The van der Waals surface area contributed by atoms with E-state index in [-0.39, 0.29) is 28.8 Å². The quantitative estimate of drug-likeness (QED) is 0.514. The number of aromatic hydroxyl groups is 4. The summed E-state index contributed by atoms with van der Waals surface area (Å²) in [6, 6.07) is 8.84. The largest absolute Gasteiger partial charge is 0.504 e. The number of rotatable bonds is 4. The molecule has 112 valence electrons. The molecule has 2 rings (SSSR count). The highest BCUT2D eigenvalue weighted by molar-refractivity contribution is 6.04. The monoisotopic (exact) mass is 298 g/mol. The second-order valence-electron chi connectivity index (χ2n) is 4.50. The van der Waals surface area contributed by atoms with E-state index in [1.54, 1.807) is 24.3 Å². The van der Waals surface area contributed by atoms with E-state index in [1.165, 1.54) is 36.4 Å². The Morgan fingerprint density at radius 3 is 1.55 bits per heavy atom. The Labute approximate surface area is 126 Å². The summed E-state index contributed by atoms with van der Waals surface area (Å²) >= 11 is 0. The van der Waals surface area contributed by atoms with Crippen molar-refractivity contribution in [3.63, 3.8) is 0 Å². The topological polar surface area (TPSA) is 98.0 Å². The molecule has 5 nitrogen and oxygen atoms in total. The Morgan fingerprint density at radius 1 is 0.727 bits per heavy atom. The van der Waals surface area contributed by atoms with Crippen LogP contribution in [0.4, 0.5) is 0 Å². The molecule has 0 radical (unpaired) electrons. The smallest absolute Gasteiger partial charge is 0.178 e. The molecule has 0 aliphatic carbocycles. The number of hydrogen-bond donors (Lipinski definition) is 4. The lowest BCUT2D eigenvalue weighted by Crippen LogP contribution is -1.85. The molecular formula is C17H14O5. The molecule has 0 unspecified atom stereocenters. The van der Waals surface area contributed by atoms with Crippen molar-refractivity contribution >= 4 is 17.9 Å². The fourth-order valence-electron chi connectivity index (χ4n) is 1.77. The molecule has 0 fully saturated rings. The molecule has 22 heavy (non-hydrogen) atoms. The number of allylic oxidation sites excluding steroid dienone is 2. The van der Waals surface area contributed by atoms with Gasteiger partial charge in [-0.2, -0.15) is 0 Å². The average molecular weight is 298 g/mol. The number of carbonyl (C=O) groups is 1. The standard InChI is InChI=1S/C17H14O5/c18-13(9-7-11-3-1-5-14(19)16(11)21)10-8-12-4-2-6-15(20)17(12)22/h1-10,19-22H. The number of carbonyl (C=O) groups excluding carboxylic acids is 1. The van der Waals surface area contributed by atoms with Crippen molar-refractivity contribution < 1.29 is 25.2 Å². The Balaban J connectivity index is 2.13. The average Bonchev–Trinajstić information content (AvgIpc) is 2.50. The lowest BCUT2D eigenvalue weighted by Gasteiger charge is -2.00. The fraction of sp³-hybridized carbons (Fsp3) is 0. The Bertz CT molecular complexity index is 696. The van der Waals surface area contributed by atoms with Crippen LogP contribution in [0.25, 0.3) is 12.2 Å². The van der Waals surface area contributed by atoms with Crippen molar-refractivity contribution in [1.82, 2.24) is 0 Å². The van der Waals surface area contributed by atoms with Gasteiger partial charge in [-0.05, 0) is 36.4 Å². The zero-order chi connectivity index (χ0) is 16.1. The first kappa shape index (κ1) is 15.2. The molecule has 2 aromatic carbocycles. The molecule has 0 bridgehead atoms. The van der Waals surface area contributed by atoms with Crippen LogP contribution in [0.3, 0.4) is 0 Å². The van der Waals surface area contributed by atoms with Crippen LogP contribution in [0.1, 0.15) is 11.1 Å². The van der Waals surface area contributed by atoms with Gasteiger partial charge in [0, 0.05) is 11.1 Å². The summed E-state index contributed by atoms with van der Waals surface area (Å²) in [6.45, 7) is 0. The van der Waals surface area contributed by atoms with Gasteiger partial charge in [-0.25, -0.2) is 0 Å². The van der Waals surface area contributed by atoms with Crippen molar-refractivity contribution in [1.29, 1.82) is 0 Å². The first-order valence-electron chi connectivity index (χ1n) is 6.41. The van der Waals surface area contributed by atoms with Crippen molar-refractivity contribution in [2.75, 3.05) is 0 Å². The van der Waals surface area contributed by atoms with Gasteiger partial charge in [0.1, 0.15) is 0 Å². The van der Waals surface area contributed by atoms with Crippen LogP contribution in [0.2, 0.25) is 0 Å². The lowest BCUT2D eigenvalue weighted by molar-refractivity contribution is -0.110. The second kappa shape index (κ2) is 6.49. The van der Waals surface area contributed by atoms with Gasteiger partial charge in [0.2, 0.25) is 0 Å². The molecule has 4 N–H and O–H groups in total. The summed E-state index contributed by atoms with van der Waals surface area (Å²) in [7, 11) is 0. The van der Waals surface area contributed by atoms with E-state index in [9.17, 15) is 25.2 Å². The zero-order valence-electron chi connectivity index (χ0n) is 11.5. The van der Waals surface area contributed by atoms with Crippen LogP contribution in [0.5, 0.6) is 23.0 Å². The predicted octanol–water partition coefficient (Wildman–Crippen LogP) is 2.80. The van der Waals surface area contributed by atoms with Gasteiger partial charge in [-0.15, -0.1) is 0 Å². The van der Waals surface area contributed by atoms with Gasteiger partial charge in [0.25, 0.3) is 0 Å². The Hall–Kier alpha value is -3.21. The number of benzene rings is 2. The molecule has 0 heterocycles. The van der Waals surface area contributed by atoms with E-state index >= 15 is 0 Å². The number of para-hydroxylation sites is 2. The minimum absolute atomic E-state index is 0.269. The maximum absolute atomic E-state index is 11.7. The molecule has 0 spiro atoms. The maximum Gasteiger partial charge on any atom is 0.178 e. The van der Waals surface area contributed by atoms with Crippen molar-refractivity contribution in [2.24, 2.45) is 0 Å². The number of hydrogen-bond acceptors (Lipinski definition) is 5. The third-order valence-corrected chi connectivity index (χ3v) is 2.95. The van der Waals surface area contributed by atoms with E-state index in [2.05, 4.69) is 0 Å². The second-order valence-corrected chi connectivity index (χ2v) is 4.50. The highest BCUT2D eigenvalue weighted by Crippen LogP contribution is 2.30. The molecule has 2 aromatic rings. The lowest BCUT2D eigenvalue weighted by atomic mass is 10.1. The zero-order valence-corrected chi connectivity index (χ0v) is 11.5. The van der Waals surface area contributed by atoms with Crippen molar-refractivity contribution in [3.8, 4) is 23.0 Å². The minimum atomic E-state index is -0.384. The number of ketones is 1. The fourth-order valence-corrected chi connectivity index (χ4v) is 1.77. The normalized spacial score (nSPS) is 11.3. The molecule has 0 aliphatic heterocycles. The van der Waals surface area contributed by atoms with E-state index in [0.29, 0.717) is 11.1 Å². The van der Waals surface area contributed by atoms with Crippen LogP contribution < -0.4 is 0 Å². The SMILES string of the molecule is O=C(C=Cc1cccc(O)c1O)C=Cc1cccc(O)c1O. The Kier molecular flexibility index (Phi) is 4.48. The predicted molar refractivity (Wildman–Crippen MR) is 82.6 cm³/mol. The Morgan fingerprint density at radius 2 is 1.14 bits per heavy atom. The van der Waals surface area contributed by atoms with Gasteiger partial charge in [0.15, 0.2) is 28.8 Å². The molecule has 0 aromatic heterocycles. The summed E-state index contributed by atoms with van der Waals surface area (Å²) < 4.78 is 0. The van der Waals surface area contributed by atoms with E-state index in [0.717, 1.165) is 0 Å². The minimum Gasteiger partial charge on any atom is -0.504 e. The van der Waals surface area contributed by atoms with Crippen LogP contribution in [0, 0.1) is 0 Å². The highest BCUT2D eigenvalue weighted by Gasteiger charge is 2.04. The van der Waals surface area contributed by atoms with Gasteiger partial charge in [-0.1, -0.05) is 24.3 Å². The molecule has 0 amide bonds. The van der Waals surface area contributed by atoms with E-state index in [4.69, 9.17) is 0 Å². The van der Waals surface area contributed by atoms with E-state index < -0.39 is 0 Å². The maximum atomic E-state index is 11.7. The molecule has 0 atom stereocenters. The summed E-state index contributed by atoms with van der Waals surface area (Å²) in [6.07, 6.45) is 5.16. The summed E-state index contributed by atoms with van der Waals surface area (Å²) in [5.74, 6) is -1.53. The summed E-state index contributed by atoms with van der Waals surface area (Å²) in [5.41, 5.74) is 0.615. The van der Waals surface area contributed by atoms with Crippen LogP contribution in [-0.4, -0.2) is 26.2 Å². The first-order valence-corrected chi connectivity index (χ1v) is 6.41. The van der Waals surface area contributed by atoms with Gasteiger partial charge < -0.3 is 20.4 Å². The summed E-state index contributed by atoms with van der Waals surface area (Å²) in [5, 5.41) is 37.9. The number of phenolic OH excluding ortho intramolecular Hbond substituents is 4. The van der Waals surface area contributed by atoms with Gasteiger partial charge >= 0.3 is 0 Å². The summed E-state index contributed by atoms with van der Waals surface area (Å²) in [4.78, 5) is 11.7. The van der Waals surface area contributed by atoms with E-state index in [1.807, 2.05) is 0 Å². The van der Waals surface area contributed by atoms with Gasteiger partial charge in [0.05, 0.1) is 0 Å². The third kappa shape index (κ3) is 3.46. The van der Waals surface area contributed by atoms with Crippen molar-refractivity contribution in [2.45, 2.75) is 0 Å². The van der Waals surface area contributed by atoms with Gasteiger partial charge in [-0.3, -0.25) is 4.79 Å². The van der Waals surface area contributed by atoms with Crippen LogP contribution in [-0.2, 0) is 4.79 Å². The third-order valence-electron chi connectivity index (χ3n) is 2.95.